The van der Waals surface area contributed by atoms with Gasteiger partial charge in [0, 0.05) is 19.1 Å². The maximum absolute atomic E-state index is 12.5. The Morgan fingerprint density at radius 3 is 3.00 bits per heavy atom. The summed E-state index contributed by atoms with van der Waals surface area (Å²) in [4.78, 5) is 14.9. The van der Waals surface area contributed by atoms with Crippen molar-refractivity contribution in [3.63, 3.8) is 0 Å². The maximum Gasteiger partial charge on any atom is 0.237 e. The predicted octanol–water partition coefficient (Wildman–Crippen LogP) is 1.30. The molecule has 114 valence electrons. The molecular weight excluding hydrogens is 262 g/mol. The summed E-state index contributed by atoms with van der Waals surface area (Å²) < 4.78 is 0. The van der Waals surface area contributed by atoms with Crippen LogP contribution >= 0.6 is 0 Å². The molecule has 3 rings (SSSR count). The van der Waals surface area contributed by atoms with E-state index in [4.69, 9.17) is 0 Å². The number of amides is 1. The Morgan fingerprint density at radius 2 is 2.19 bits per heavy atom. The highest BCUT2D eigenvalue weighted by Crippen LogP contribution is 2.17. The molecule has 21 heavy (non-hydrogen) atoms. The van der Waals surface area contributed by atoms with E-state index in [9.17, 15) is 4.79 Å². The van der Waals surface area contributed by atoms with Crippen LogP contribution in [-0.4, -0.2) is 42.5 Å². The summed E-state index contributed by atoms with van der Waals surface area (Å²) >= 11 is 0. The van der Waals surface area contributed by atoms with Gasteiger partial charge in [0.2, 0.25) is 5.91 Å². The van der Waals surface area contributed by atoms with Gasteiger partial charge in [-0.05, 0) is 43.5 Å². The molecular formula is C17H25N3O. The smallest absolute Gasteiger partial charge is 0.237 e. The number of benzene rings is 1. The van der Waals surface area contributed by atoms with Crippen molar-refractivity contribution in [2.45, 2.75) is 44.8 Å². The maximum atomic E-state index is 12.5. The molecule has 0 aromatic heterocycles. The minimum Gasteiger partial charge on any atom is -0.351 e. The van der Waals surface area contributed by atoms with Gasteiger partial charge in [0.1, 0.15) is 0 Å². The molecule has 1 aromatic carbocycles. The van der Waals surface area contributed by atoms with Gasteiger partial charge in [-0.15, -0.1) is 0 Å². The van der Waals surface area contributed by atoms with Gasteiger partial charge in [-0.3, -0.25) is 4.79 Å². The summed E-state index contributed by atoms with van der Waals surface area (Å²) in [6.45, 7) is 6.20. The monoisotopic (exact) mass is 287 g/mol. The zero-order valence-electron chi connectivity index (χ0n) is 12.8. The second-order valence-corrected chi connectivity index (χ2v) is 6.15. The number of rotatable bonds is 3. The number of likely N-dealkylation sites (tertiary alicyclic amines) is 1. The fraction of sp³-hybridized carbons (Fsp3) is 0.588. The van der Waals surface area contributed by atoms with E-state index in [2.05, 4.69) is 46.7 Å². The molecule has 4 heteroatoms. The first-order chi connectivity index (χ1) is 10.3. The average Bonchev–Trinajstić information content (AvgIpc) is 2.54. The van der Waals surface area contributed by atoms with E-state index in [-0.39, 0.29) is 11.9 Å². The lowest BCUT2D eigenvalue weighted by molar-refractivity contribution is -0.124. The molecule has 2 atom stereocenters. The summed E-state index contributed by atoms with van der Waals surface area (Å²) in [5.74, 6) is 0.160. The highest BCUT2D eigenvalue weighted by molar-refractivity contribution is 5.82. The summed E-state index contributed by atoms with van der Waals surface area (Å²) in [6.07, 6.45) is 3.08. The van der Waals surface area contributed by atoms with Crippen LogP contribution in [0.2, 0.25) is 0 Å². The van der Waals surface area contributed by atoms with E-state index < -0.39 is 0 Å². The van der Waals surface area contributed by atoms with Crippen LogP contribution in [0.5, 0.6) is 0 Å². The summed E-state index contributed by atoms with van der Waals surface area (Å²) in [6, 6.07) is 8.61. The average molecular weight is 287 g/mol. The standard InChI is InChI=1S/C17H25N3O/c1-2-20-9-5-8-15(12-20)19-17(21)16-10-13-6-3-4-7-14(13)11-18-16/h3-4,6-7,15-16,18H,2,5,8-12H2,1H3,(H,19,21). The van der Waals surface area contributed by atoms with Crippen LogP contribution in [0.1, 0.15) is 30.9 Å². The Balaban J connectivity index is 1.57. The van der Waals surface area contributed by atoms with Gasteiger partial charge in [0.05, 0.1) is 6.04 Å². The third-order valence-electron chi connectivity index (χ3n) is 4.70. The highest BCUT2D eigenvalue weighted by atomic mass is 16.2. The zero-order valence-corrected chi connectivity index (χ0v) is 12.8. The molecule has 2 N–H and O–H groups in total. The molecule has 0 radical (unpaired) electrons. The van der Waals surface area contributed by atoms with Gasteiger partial charge in [-0.25, -0.2) is 0 Å². The van der Waals surface area contributed by atoms with E-state index in [1.54, 1.807) is 0 Å². The van der Waals surface area contributed by atoms with Crippen LogP contribution in [0.3, 0.4) is 0 Å². The molecule has 0 saturated carbocycles. The highest BCUT2D eigenvalue weighted by Gasteiger charge is 2.27. The van der Waals surface area contributed by atoms with Crippen LogP contribution in [0.25, 0.3) is 0 Å². The van der Waals surface area contributed by atoms with Gasteiger partial charge >= 0.3 is 0 Å². The molecule has 1 amide bonds. The molecule has 2 aliphatic heterocycles. The SMILES string of the molecule is CCN1CCCC(NC(=O)C2Cc3ccccc3CN2)C1. The lowest BCUT2D eigenvalue weighted by Gasteiger charge is -2.34. The molecule has 1 saturated heterocycles. The van der Waals surface area contributed by atoms with E-state index >= 15 is 0 Å². The first kappa shape index (κ1) is 14.5. The van der Waals surface area contributed by atoms with Crippen LogP contribution in [-0.2, 0) is 17.8 Å². The Kier molecular flexibility index (Phi) is 4.56. The van der Waals surface area contributed by atoms with E-state index in [0.29, 0.717) is 6.04 Å². The van der Waals surface area contributed by atoms with Crippen molar-refractivity contribution >= 4 is 5.91 Å². The molecule has 2 aliphatic rings. The molecule has 0 aliphatic carbocycles. The number of carbonyl (C=O) groups excluding carboxylic acids is 1. The van der Waals surface area contributed by atoms with Gasteiger partial charge in [0.25, 0.3) is 0 Å². The Labute approximate surface area is 126 Å². The van der Waals surface area contributed by atoms with Crippen molar-refractivity contribution in [3.05, 3.63) is 35.4 Å². The van der Waals surface area contributed by atoms with Crippen molar-refractivity contribution < 1.29 is 4.79 Å². The van der Waals surface area contributed by atoms with Crippen molar-refractivity contribution in [2.24, 2.45) is 0 Å². The van der Waals surface area contributed by atoms with Crippen LogP contribution in [0.4, 0.5) is 0 Å². The molecule has 0 spiro atoms. The summed E-state index contributed by atoms with van der Waals surface area (Å²) in [5, 5.41) is 6.60. The van der Waals surface area contributed by atoms with Gasteiger partial charge < -0.3 is 15.5 Å². The molecule has 2 heterocycles. The largest absolute Gasteiger partial charge is 0.351 e. The van der Waals surface area contributed by atoms with E-state index in [1.807, 2.05) is 0 Å². The number of nitrogens with one attached hydrogen (secondary N) is 2. The lowest BCUT2D eigenvalue weighted by Crippen LogP contribution is -2.54. The van der Waals surface area contributed by atoms with Crippen molar-refractivity contribution in [3.8, 4) is 0 Å². The predicted molar refractivity (Wildman–Crippen MR) is 84.1 cm³/mol. The number of hydrogen-bond acceptors (Lipinski definition) is 3. The van der Waals surface area contributed by atoms with Crippen LogP contribution < -0.4 is 10.6 Å². The number of hydrogen-bond donors (Lipinski definition) is 2. The lowest BCUT2D eigenvalue weighted by atomic mass is 9.95. The molecule has 1 fully saturated rings. The first-order valence-corrected chi connectivity index (χ1v) is 8.09. The van der Waals surface area contributed by atoms with Crippen molar-refractivity contribution in [2.75, 3.05) is 19.6 Å². The van der Waals surface area contributed by atoms with E-state index in [0.717, 1.165) is 39.0 Å². The number of carbonyl (C=O) groups is 1. The zero-order chi connectivity index (χ0) is 14.7. The molecule has 1 aromatic rings. The molecule has 2 unspecified atom stereocenters. The third-order valence-corrected chi connectivity index (χ3v) is 4.70. The number of likely N-dealkylation sites (N-methyl/N-ethyl adjacent to an activating group) is 1. The summed E-state index contributed by atoms with van der Waals surface area (Å²) in [7, 11) is 0. The second-order valence-electron chi connectivity index (χ2n) is 6.15. The quantitative estimate of drug-likeness (QED) is 0.881. The number of fused-ring (bicyclic) bond motifs is 1. The van der Waals surface area contributed by atoms with Crippen molar-refractivity contribution in [1.29, 1.82) is 0 Å². The van der Waals surface area contributed by atoms with Crippen molar-refractivity contribution in [1.82, 2.24) is 15.5 Å². The third kappa shape index (κ3) is 3.44. The van der Waals surface area contributed by atoms with Crippen LogP contribution in [0.15, 0.2) is 24.3 Å². The second kappa shape index (κ2) is 6.58. The number of piperidine rings is 1. The Morgan fingerprint density at radius 1 is 1.38 bits per heavy atom. The number of nitrogens with zero attached hydrogens (tertiary/aromatic N) is 1. The van der Waals surface area contributed by atoms with Gasteiger partial charge in [-0.2, -0.15) is 0 Å². The fourth-order valence-electron chi connectivity index (χ4n) is 3.40. The molecule has 4 nitrogen and oxygen atoms in total. The van der Waals surface area contributed by atoms with Gasteiger partial charge in [-0.1, -0.05) is 31.2 Å². The fourth-order valence-corrected chi connectivity index (χ4v) is 3.40. The summed E-state index contributed by atoms with van der Waals surface area (Å²) in [5.41, 5.74) is 2.62. The Hall–Kier alpha value is -1.39. The topological polar surface area (TPSA) is 44.4 Å². The van der Waals surface area contributed by atoms with Crippen LogP contribution in [0, 0.1) is 0 Å². The minimum absolute atomic E-state index is 0.0862. The Bertz CT molecular complexity index is 503. The minimum atomic E-state index is -0.0862. The normalized spacial score (nSPS) is 26.1. The van der Waals surface area contributed by atoms with Gasteiger partial charge in [0.15, 0.2) is 0 Å². The van der Waals surface area contributed by atoms with E-state index in [1.165, 1.54) is 17.5 Å². The first-order valence-electron chi connectivity index (χ1n) is 8.09. The molecule has 0 bridgehead atoms.